The average Bonchev–Trinajstić information content (AvgIpc) is 2.17. The van der Waals surface area contributed by atoms with Crippen LogP contribution in [-0.2, 0) is 4.79 Å². The summed E-state index contributed by atoms with van der Waals surface area (Å²) in [6.45, 7) is 5.94. The molecule has 1 aromatic carbocycles. The van der Waals surface area contributed by atoms with Crippen LogP contribution >= 0.6 is 15.9 Å². The van der Waals surface area contributed by atoms with Crippen molar-refractivity contribution in [2.45, 2.75) is 27.2 Å². The number of nitrogens with one attached hydrogen (secondary N) is 1. The number of aromatic carboxylic acids is 1. The van der Waals surface area contributed by atoms with Gasteiger partial charge in [-0.15, -0.1) is 0 Å². The van der Waals surface area contributed by atoms with Gasteiger partial charge in [-0.25, -0.2) is 4.79 Å². The predicted octanol–water partition coefficient (Wildman–Crippen LogP) is 3.52. The van der Waals surface area contributed by atoms with Crippen LogP contribution in [0.5, 0.6) is 0 Å². The molecule has 0 fully saturated rings. The molecule has 0 saturated carbocycles. The fraction of sp³-hybridized carbons (Fsp3) is 0.385. The Kier molecular flexibility index (Phi) is 4.51. The summed E-state index contributed by atoms with van der Waals surface area (Å²) >= 11 is 3.25. The first-order valence-corrected chi connectivity index (χ1v) is 6.31. The summed E-state index contributed by atoms with van der Waals surface area (Å²) in [5.74, 6) is -1.09. The highest BCUT2D eigenvalue weighted by Gasteiger charge is 2.17. The number of amides is 1. The van der Waals surface area contributed by atoms with E-state index in [0.717, 1.165) is 0 Å². The summed E-state index contributed by atoms with van der Waals surface area (Å²) in [5, 5.41) is 11.6. The lowest BCUT2D eigenvalue weighted by Gasteiger charge is -2.17. The highest BCUT2D eigenvalue weighted by Crippen LogP contribution is 2.25. The highest BCUT2D eigenvalue weighted by molar-refractivity contribution is 9.10. The van der Waals surface area contributed by atoms with Crippen LogP contribution < -0.4 is 5.32 Å². The number of carbonyl (C=O) groups excluding carboxylic acids is 1. The van der Waals surface area contributed by atoms with Crippen molar-refractivity contribution in [1.29, 1.82) is 0 Å². The maximum Gasteiger partial charge on any atom is 0.335 e. The van der Waals surface area contributed by atoms with E-state index in [4.69, 9.17) is 5.11 Å². The van der Waals surface area contributed by atoms with Gasteiger partial charge >= 0.3 is 5.97 Å². The van der Waals surface area contributed by atoms with Crippen LogP contribution in [0.25, 0.3) is 0 Å². The first-order valence-electron chi connectivity index (χ1n) is 5.52. The van der Waals surface area contributed by atoms with E-state index in [1.54, 1.807) is 6.07 Å². The first kappa shape index (κ1) is 14.7. The van der Waals surface area contributed by atoms with Crippen molar-refractivity contribution in [3.05, 3.63) is 28.2 Å². The molecule has 4 nitrogen and oxygen atoms in total. The third-order valence-electron chi connectivity index (χ3n) is 2.18. The Morgan fingerprint density at radius 3 is 2.39 bits per heavy atom. The van der Waals surface area contributed by atoms with E-state index < -0.39 is 5.97 Å². The minimum atomic E-state index is -0.997. The standard InChI is InChI=1S/C13H16BrNO3/c1-13(2,3)7-11(16)15-10-5-4-8(12(17)18)6-9(10)14/h4-6H,7H2,1-3H3,(H,15,16)(H,17,18). The summed E-state index contributed by atoms with van der Waals surface area (Å²) in [6, 6.07) is 4.50. The maximum atomic E-state index is 11.8. The molecule has 5 heteroatoms. The van der Waals surface area contributed by atoms with E-state index in [0.29, 0.717) is 16.6 Å². The molecule has 0 radical (unpaired) electrons. The topological polar surface area (TPSA) is 66.4 Å². The van der Waals surface area contributed by atoms with Gasteiger partial charge in [0, 0.05) is 10.9 Å². The number of rotatable bonds is 3. The summed E-state index contributed by atoms with van der Waals surface area (Å²) < 4.78 is 0.560. The van der Waals surface area contributed by atoms with E-state index in [2.05, 4.69) is 21.2 Å². The van der Waals surface area contributed by atoms with Gasteiger partial charge in [-0.3, -0.25) is 4.79 Å². The molecule has 0 heterocycles. The zero-order valence-electron chi connectivity index (χ0n) is 10.6. The van der Waals surface area contributed by atoms with Gasteiger partial charge in [-0.1, -0.05) is 20.8 Å². The number of benzene rings is 1. The molecule has 0 aromatic heterocycles. The number of halogens is 1. The van der Waals surface area contributed by atoms with Gasteiger partial charge < -0.3 is 10.4 Å². The van der Waals surface area contributed by atoms with Crippen LogP contribution in [0, 0.1) is 5.41 Å². The molecule has 1 rings (SSSR count). The largest absolute Gasteiger partial charge is 0.478 e. The summed E-state index contributed by atoms with van der Waals surface area (Å²) in [7, 11) is 0. The Bertz CT molecular complexity index is 478. The predicted molar refractivity (Wildman–Crippen MR) is 73.8 cm³/mol. The highest BCUT2D eigenvalue weighted by atomic mass is 79.9. The minimum Gasteiger partial charge on any atom is -0.478 e. The van der Waals surface area contributed by atoms with Gasteiger partial charge in [0.1, 0.15) is 0 Å². The molecule has 1 aromatic rings. The number of hydrogen-bond donors (Lipinski definition) is 2. The van der Waals surface area contributed by atoms with Gasteiger partial charge in [0.05, 0.1) is 11.3 Å². The molecule has 0 atom stereocenters. The number of carboxylic acids is 1. The Hall–Kier alpha value is -1.36. The van der Waals surface area contributed by atoms with Gasteiger partial charge in [0.25, 0.3) is 0 Å². The van der Waals surface area contributed by atoms with Crippen molar-refractivity contribution >= 4 is 33.5 Å². The first-order chi connectivity index (χ1) is 8.19. The smallest absolute Gasteiger partial charge is 0.335 e. The molecule has 0 unspecified atom stereocenters. The van der Waals surface area contributed by atoms with E-state index in [-0.39, 0.29) is 16.9 Å². The zero-order valence-corrected chi connectivity index (χ0v) is 12.2. The second-order valence-electron chi connectivity index (χ2n) is 5.29. The van der Waals surface area contributed by atoms with Crippen LogP contribution in [0.1, 0.15) is 37.6 Å². The fourth-order valence-corrected chi connectivity index (χ4v) is 1.90. The van der Waals surface area contributed by atoms with Crippen molar-refractivity contribution in [3.8, 4) is 0 Å². The van der Waals surface area contributed by atoms with E-state index in [1.165, 1.54) is 12.1 Å². The fourth-order valence-electron chi connectivity index (χ4n) is 1.43. The lowest BCUT2D eigenvalue weighted by molar-refractivity contribution is -0.117. The average molecular weight is 314 g/mol. The molecule has 0 aliphatic heterocycles. The third-order valence-corrected chi connectivity index (χ3v) is 2.84. The second kappa shape index (κ2) is 5.52. The van der Waals surface area contributed by atoms with Crippen molar-refractivity contribution in [1.82, 2.24) is 0 Å². The van der Waals surface area contributed by atoms with E-state index in [1.807, 2.05) is 20.8 Å². The number of carbonyl (C=O) groups is 2. The molecular weight excluding hydrogens is 298 g/mol. The molecule has 0 bridgehead atoms. The van der Waals surface area contributed by atoms with Gasteiger partial charge in [-0.05, 0) is 39.5 Å². The molecular formula is C13H16BrNO3. The minimum absolute atomic E-state index is 0.0857. The van der Waals surface area contributed by atoms with Gasteiger partial charge in [-0.2, -0.15) is 0 Å². The van der Waals surface area contributed by atoms with Crippen molar-refractivity contribution in [3.63, 3.8) is 0 Å². The van der Waals surface area contributed by atoms with Gasteiger partial charge in [0.15, 0.2) is 0 Å². The van der Waals surface area contributed by atoms with Crippen LogP contribution in [0.3, 0.4) is 0 Å². The molecule has 0 aliphatic rings. The molecule has 0 spiro atoms. The van der Waals surface area contributed by atoms with Crippen molar-refractivity contribution in [2.24, 2.45) is 5.41 Å². The summed E-state index contributed by atoms with van der Waals surface area (Å²) in [4.78, 5) is 22.5. The number of hydrogen-bond acceptors (Lipinski definition) is 2. The van der Waals surface area contributed by atoms with Crippen LogP contribution in [-0.4, -0.2) is 17.0 Å². The van der Waals surface area contributed by atoms with Gasteiger partial charge in [0.2, 0.25) is 5.91 Å². The van der Waals surface area contributed by atoms with Crippen LogP contribution in [0.15, 0.2) is 22.7 Å². The molecule has 0 saturated heterocycles. The van der Waals surface area contributed by atoms with Crippen LogP contribution in [0.2, 0.25) is 0 Å². The van der Waals surface area contributed by atoms with Crippen molar-refractivity contribution < 1.29 is 14.7 Å². The quantitative estimate of drug-likeness (QED) is 0.897. The molecule has 2 N–H and O–H groups in total. The number of anilines is 1. The lowest BCUT2D eigenvalue weighted by atomic mass is 9.92. The van der Waals surface area contributed by atoms with Crippen molar-refractivity contribution in [2.75, 3.05) is 5.32 Å². The number of carboxylic acid groups (broad SMARTS) is 1. The summed E-state index contributed by atoms with van der Waals surface area (Å²) in [6.07, 6.45) is 0.403. The summed E-state index contributed by atoms with van der Waals surface area (Å²) in [5.41, 5.74) is 0.669. The molecule has 98 valence electrons. The Morgan fingerprint density at radius 2 is 1.94 bits per heavy atom. The SMILES string of the molecule is CC(C)(C)CC(=O)Nc1ccc(C(=O)O)cc1Br. The van der Waals surface area contributed by atoms with E-state index >= 15 is 0 Å². The zero-order chi connectivity index (χ0) is 13.9. The Morgan fingerprint density at radius 1 is 1.33 bits per heavy atom. The normalized spacial score (nSPS) is 11.1. The molecule has 18 heavy (non-hydrogen) atoms. The van der Waals surface area contributed by atoms with Crippen LogP contribution in [0.4, 0.5) is 5.69 Å². The Labute approximate surface area is 115 Å². The molecule has 1 amide bonds. The van der Waals surface area contributed by atoms with E-state index in [9.17, 15) is 9.59 Å². The lowest BCUT2D eigenvalue weighted by Crippen LogP contribution is -2.19. The maximum absolute atomic E-state index is 11.8. The monoisotopic (exact) mass is 313 g/mol. The molecule has 0 aliphatic carbocycles. The Balaban J connectivity index is 2.80. The second-order valence-corrected chi connectivity index (χ2v) is 6.14. The third kappa shape index (κ3) is 4.49.